The molecule has 0 saturated carbocycles. The van der Waals surface area contributed by atoms with E-state index in [1.54, 1.807) is 0 Å². The summed E-state index contributed by atoms with van der Waals surface area (Å²) >= 11 is 0. The number of ether oxygens (including phenoxy) is 1. The zero-order chi connectivity index (χ0) is 27.4. The Labute approximate surface area is 242 Å². The van der Waals surface area contributed by atoms with E-state index in [4.69, 9.17) is 4.74 Å². The number of hydrogen-bond acceptors (Lipinski definition) is 1. The lowest BCUT2D eigenvalue weighted by Crippen LogP contribution is -2.48. The van der Waals surface area contributed by atoms with Gasteiger partial charge >= 0.3 is 0 Å². The van der Waals surface area contributed by atoms with Gasteiger partial charge in [-0.25, -0.2) is 0 Å². The molecule has 0 N–H and O–H groups in total. The van der Waals surface area contributed by atoms with Crippen LogP contribution >= 0.6 is 0 Å². The normalized spacial score (nSPS) is 15.4. The molecule has 228 valence electrons. The number of rotatable bonds is 32. The van der Waals surface area contributed by atoms with Gasteiger partial charge < -0.3 is 9.22 Å². The highest BCUT2D eigenvalue weighted by Crippen LogP contribution is 2.20. The van der Waals surface area contributed by atoms with Gasteiger partial charge in [0.05, 0.1) is 26.7 Å². The Balaban J connectivity index is 1.92. The van der Waals surface area contributed by atoms with Gasteiger partial charge in [-0.2, -0.15) is 0 Å². The topological polar surface area (TPSA) is 12.5 Å². The van der Waals surface area contributed by atoms with Crippen molar-refractivity contribution in [1.29, 1.82) is 0 Å². The number of hydrogen-bond donors (Lipinski definition) is 0. The second-order valence-corrected chi connectivity index (χ2v) is 13.4. The number of unbranched alkanes of at least 4 members (excludes halogenated alkanes) is 26. The van der Waals surface area contributed by atoms with Crippen LogP contribution in [0.15, 0.2) is 0 Å². The Morgan fingerprint density at radius 1 is 0.421 bits per heavy atom. The zero-order valence-corrected chi connectivity index (χ0v) is 27.1. The minimum atomic E-state index is 0.568. The number of likely N-dealkylation sites (N-methyl/N-ethyl adjacent to an activating group) is 1. The highest BCUT2D eigenvalue weighted by molar-refractivity contribution is 4.68. The quantitative estimate of drug-likeness (QED) is 0.0473. The van der Waals surface area contributed by atoms with Crippen LogP contribution in [0.3, 0.4) is 0 Å². The molecule has 2 nitrogen and oxygen atoms in total. The SMILES string of the molecule is CCCCCCCCCCCCCCCC[N+](C)(CCCCCCCCCCCCCCCC)CC1CO1. The fourth-order valence-corrected chi connectivity index (χ4v) is 6.34. The maximum atomic E-state index is 5.64. The van der Waals surface area contributed by atoms with Gasteiger partial charge in [-0.05, 0) is 25.7 Å². The summed E-state index contributed by atoms with van der Waals surface area (Å²) in [5, 5.41) is 0. The highest BCUT2D eigenvalue weighted by atomic mass is 16.6. The molecule has 1 aliphatic rings. The summed E-state index contributed by atoms with van der Waals surface area (Å²) in [7, 11) is 2.52. The molecule has 2 heteroatoms. The molecule has 1 fully saturated rings. The molecule has 0 spiro atoms. The summed E-state index contributed by atoms with van der Waals surface area (Å²) in [4.78, 5) is 0. The van der Waals surface area contributed by atoms with Crippen LogP contribution in [0.5, 0.6) is 0 Å². The zero-order valence-electron chi connectivity index (χ0n) is 27.1. The minimum Gasteiger partial charge on any atom is -0.367 e. The van der Waals surface area contributed by atoms with E-state index in [9.17, 15) is 0 Å². The molecule has 1 heterocycles. The van der Waals surface area contributed by atoms with Crippen LogP contribution in [0.1, 0.15) is 194 Å². The molecule has 0 aromatic carbocycles. The van der Waals surface area contributed by atoms with Gasteiger partial charge in [-0.15, -0.1) is 0 Å². The molecule has 0 aromatic heterocycles. The van der Waals surface area contributed by atoms with Crippen molar-refractivity contribution in [2.24, 2.45) is 0 Å². The molecular formula is C36H74NO+. The molecule has 0 bridgehead atoms. The molecule has 1 rings (SSSR count). The van der Waals surface area contributed by atoms with Gasteiger partial charge in [-0.3, -0.25) is 0 Å². The molecule has 0 amide bonds. The van der Waals surface area contributed by atoms with Crippen molar-refractivity contribution in [2.75, 3.05) is 33.3 Å². The van der Waals surface area contributed by atoms with Crippen molar-refractivity contribution in [3.8, 4) is 0 Å². The first kappa shape index (κ1) is 35.9. The Hall–Kier alpha value is -0.0800. The Kier molecular flexibility index (Phi) is 25.6. The van der Waals surface area contributed by atoms with E-state index in [0.29, 0.717) is 6.10 Å². The smallest absolute Gasteiger partial charge is 0.130 e. The first-order chi connectivity index (χ1) is 18.7. The molecule has 0 aliphatic carbocycles. The van der Waals surface area contributed by atoms with Crippen molar-refractivity contribution in [2.45, 2.75) is 200 Å². The lowest BCUT2D eigenvalue weighted by Gasteiger charge is -2.34. The third-order valence-corrected chi connectivity index (χ3v) is 9.15. The van der Waals surface area contributed by atoms with E-state index in [2.05, 4.69) is 20.9 Å². The molecule has 1 aliphatic heterocycles. The van der Waals surface area contributed by atoms with Crippen molar-refractivity contribution in [3.63, 3.8) is 0 Å². The van der Waals surface area contributed by atoms with Crippen LogP contribution < -0.4 is 0 Å². The van der Waals surface area contributed by atoms with E-state index in [1.165, 1.54) is 204 Å². The predicted molar refractivity (Wildman–Crippen MR) is 171 cm³/mol. The van der Waals surface area contributed by atoms with E-state index in [1.807, 2.05) is 0 Å². The molecule has 1 saturated heterocycles. The van der Waals surface area contributed by atoms with Crippen LogP contribution in [0.2, 0.25) is 0 Å². The van der Waals surface area contributed by atoms with Crippen molar-refractivity contribution >= 4 is 0 Å². The van der Waals surface area contributed by atoms with Gasteiger partial charge in [-0.1, -0.05) is 168 Å². The summed E-state index contributed by atoms with van der Waals surface area (Å²) < 4.78 is 6.90. The number of epoxide rings is 1. The van der Waals surface area contributed by atoms with E-state index in [-0.39, 0.29) is 0 Å². The van der Waals surface area contributed by atoms with Crippen LogP contribution in [0.4, 0.5) is 0 Å². The van der Waals surface area contributed by atoms with Gasteiger partial charge in [0.15, 0.2) is 0 Å². The minimum absolute atomic E-state index is 0.568. The van der Waals surface area contributed by atoms with Crippen LogP contribution in [0, 0.1) is 0 Å². The van der Waals surface area contributed by atoms with E-state index < -0.39 is 0 Å². The average molecular weight is 537 g/mol. The lowest BCUT2D eigenvalue weighted by atomic mass is 10.0. The Morgan fingerprint density at radius 2 is 0.658 bits per heavy atom. The van der Waals surface area contributed by atoms with Gasteiger partial charge in [0.2, 0.25) is 0 Å². The molecule has 1 atom stereocenters. The predicted octanol–water partition coefficient (Wildman–Crippen LogP) is 11.8. The Morgan fingerprint density at radius 3 is 0.895 bits per heavy atom. The summed E-state index contributed by atoms with van der Waals surface area (Å²) in [5.41, 5.74) is 0. The second kappa shape index (κ2) is 27.1. The third kappa shape index (κ3) is 24.9. The average Bonchev–Trinajstić information content (AvgIpc) is 3.73. The van der Waals surface area contributed by atoms with Gasteiger partial charge in [0, 0.05) is 0 Å². The Bertz CT molecular complexity index is 428. The second-order valence-electron chi connectivity index (χ2n) is 13.4. The van der Waals surface area contributed by atoms with E-state index in [0.717, 1.165) is 6.61 Å². The first-order valence-electron chi connectivity index (χ1n) is 18.2. The van der Waals surface area contributed by atoms with Crippen LogP contribution in [-0.4, -0.2) is 43.9 Å². The highest BCUT2D eigenvalue weighted by Gasteiger charge is 2.33. The fraction of sp³-hybridized carbons (Fsp3) is 1.00. The van der Waals surface area contributed by atoms with Crippen LogP contribution in [-0.2, 0) is 4.74 Å². The third-order valence-electron chi connectivity index (χ3n) is 9.15. The maximum Gasteiger partial charge on any atom is 0.130 e. The fourth-order valence-electron chi connectivity index (χ4n) is 6.34. The first-order valence-corrected chi connectivity index (χ1v) is 18.2. The van der Waals surface area contributed by atoms with Gasteiger partial charge in [0.25, 0.3) is 0 Å². The monoisotopic (exact) mass is 537 g/mol. The molecule has 38 heavy (non-hydrogen) atoms. The molecule has 0 radical (unpaired) electrons. The molecular weight excluding hydrogens is 462 g/mol. The molecule has 0 aromatic rings. The molecule has 1 unspecified atom stereocenters. The van der Waals surface area contributed by atoms with Crippen molar-refractivity contribution < 1.29 is 9.22 Å². The summed E-state index contributed by atoms with van der Waals surface area (Å²) in [6.07, 6.45) is 41.3. The summed E-state index contributed by atoms with van der Waals surface area (Å²) in [6.45, 7) is 9.64. The number of quaternary nitrogens is 1. The standard InChI is InChI=1S/C36H74NO/c1-4-6-8-10-12-14-16-18-20-22-24-26-28-30-32-37(3,34-36-35-38-36)33-31-29-27-25-23-21-19-17-15-13-11-9-7-5-2/h36H,4-35H2,1-3H3/q+1. The maximum absolute atomic E-state index is 5.64. The van der Waals surface area contributed by atoms with Crippen molar-refractivity contribution in [3.05, 3.63) is 0 Å². The summed E-state index contributed by atoms with van der Waals surface area (Å²) in [5.74, 6) is 0. The van der Waals surface area contributed by atoms with Crippen molar-refractivity contribution in [1.82, 2.24) is 0 Å². The van der Waals surface area contributed by atoms with Crippen LogP contribution in [0.25, 0.3) is 0 Å². The lowest BCUT2D eigenvalue weighted by molar-refractivity contribution is -0.910. The van der Waals surface area contributed by atoms with Gasteiger partial charge in [0.1, 0.15) is 12.6 Å². The number of nitrogens with zero attached hydrogens (tertiary/aromatic N) is 1. The summed E-state index contributed by atoms with van der Waals surface area (Å²) in [6, 6.07) is 0. The van der Waals surface area contributed by atoms with E-state index >= 15 is 0 Å². The largest absolute Gasteiger partial charge is 0.367 e.